The van der Waals surface area contributed by atoms with Crippen LogP contribution in [0.3, 0.4) is 0 Å². The maximum atomic E-state index is 12.7. The third kappa shape index (κ3) is 5.56. The average Bonchev–Trinajstić information content (AvgIpc) is 3.43. The highest BCUT2D eigenvalue weighted by atomic mass is 35.5. The first kappa shape index (κ1) is 23.6. The van der Waals surface area contributed by atoms with Crippen molar-refractivity contribution in [3.63, 3.8) is 0 Å². The summed E-state index contributed by atoms with van der Waals surface area (Å²) in [6.45, 7) is 1.40. The molecule has 7 heteroatoms. The average molecular weight is 497 g/mol. The van der Waals surface area contributed by atoms with Crippen LogP contribution in [-0.4, -0.2) is 22.4 Å². The van der Waals surface area contributed by atoms with Crippen LogP contribution in [0.15, 0.2) is 102 Å². The predicted octanol–water partition coefficient (Wildman–Crippen LogP) is 6.26. The van der Waals surface area contributed by atoms with Gasteiger partial charge in [-0.1, -0.05) is 66.2 Å². The minimum atomic E-state index is -0.0343. The second kappa shape index (κ2) is 11.1. The monoisotopic (exact) mass is 496 g/mol. The van der Waals surface area contributed by atoms with Gasteiger partial charge in [-0.15, -0.1) is 0 Å². The lowest BCUT2D eigenvalue weighted by Gasteiger charge is -2.24. The summed E-state index contributed by atoms with van der Waals surface area (Å²) in [4.78, 5) is 24.5. The van der Waals surface area contributed by atoms with Crippen LogP contribution >= 0.6 is 11.6 Å². The number of nitrogens with one attached hydrogen (secondary N) is 1. The Labute approximate surface area is 214 Å². The van der Waals surface area contributed by atoms with Crippen LogP contribution < -0.4 is 10.2 Å². The largest absolute Gasteiger partial charge is 0.467 e. The van der Waals surface area contributed by atoms with E-state index in [1.165, 1.54) is 0 Å². The van der Waals surface area contributed by atoms with E-state index in [0.29, 0.717) is 36.9 Å². The smallest absolute Gasteiger partial charge is 0.222 e. The van der Waals surface area contributed by atoms with Crippen molar-refractivity contribution in [3.8, 4) is 11.4 Å². The Bertz CT molecular complexity index is 1460. The molecule has 0 spiro atoms. The zero-order valence-corrected chi connectivity index (χ0v) is 20.4. The zero-order chi connectivity index (χ0) is 24.7. The summed E-state index contributed by atoms with van der Waals surface area (Å²) < 4.78 is 5.64. The van der Waals surface area contributed by atoms with Gasteiger partial charge < -0.3 is 14.6 Å². The Morgan fingerprint density at radius 2 is 1.67 bits per heavy atom. The van der Waals surface area contributed by atoms with Crippen molar-refractivity contribution in [3.05, 3.63) is 114 Å². The van der Waals surface area contributed by atoms with Crippen LogP contribution in [0.2, 0.25) is 5.02 Å². The summed E-state index contributed by atoms with van der Waals surface area (Å²) in [6, 6.07) is 29.0. The van der Waals surface area contributed by atoms with Crippen LogP contribution in [0, 0.1) is 0 Å². The normalized spacial score (nSPS) is 10.9. The molecule has 0 aliphatic rings. The van der Waals surface area contributed by atoms with Crippen molar-refractivity contribution < 1.29 is 9.21 Å². The van der Waals surface area contributed by atoms with E-state index in [4.69, 9.17) is 26.0 Å². The molecular formula is C29H25ClN4O2. The second-order valence-electron chi connectivity index (χ2n) is 8.38. The highest BCUT2D eigenvalue weighted by Gasteiger charge is 2.19. The molecule has 2 heterocycles. The molecule has 0 unspecified atom stereocenters. The molecular weight excluding hydrogens is 472 g/mol. The first-order valence-corrected chi connectivity index (χ1v) is 12.1. The molecule has 5 rings (SSSR count). The molecule has 0 saturated heterocycles. The third-order valence-electron chi connectivity index (χ3n) is 5.87. The number of aromatic nitrogens is 2. The molecule has 3 aromatic carbocycles. The van der Waals surface area contributed by atoms with Gasteiger partial charge in [-0.3, -0.25) is 4.79 Å². The van der Waals surface area contributed by atoms with Crippen molar-refractivity contribution in [2.75, 3.05) is 11.4 Å². The Kier molecular flexibility index (Phi) is 7.24. The predicted molar refractivity (Wildman–Crippen MR) is 143 cm³/mol. The Morgan fingerprint density at radius 3 is 2.47 bits per heavy atom. The first-order chi connectivity index (χ1) is 17.7. The van der Waals surface area contributed by atoms with Gasteiger partial charge in [0.15, 0.2) is 5.82 Å². The number of halogens is 1. The van der Waals surface area contributed by atoms with E-state index < -0.39 is 0 Å². The maximum Gasteiger partial charge on any atom is 0.222 e. The van der Waals surface area contributed by atoms with Crippen LogP contribution in [-0.2, 0) is 17.9 Å². The number of furan rings is 1. The number of rotatable bonds is 9. The molecule has 2 aromatic heterocycles. The van der Waals surface area contributed by atoms with Gasteiger partial charge in [0.1, 0.15) is 11.6 Å². The highest BCUT2D eigenvalue weighted by Crippen LogP contribution is 2.31. The molecule has 180 valence electrons. The van der Waals surface area contributed by atoms with E-state index in [0.717, 1.165) is 33.6 Å². The molecule has 1 N–H and O–H groups in total. The molecule has 6 nitrogen and oxygen atoms in total. The summed E-state index contributed by atoms with van der Waals surface area (Å²) in [5.41, 5.74) is 2.62. The van der Waals surface area contributed by atoms with Gasteiger partial charge in [0.25, 0.3) is 0 Å². The molecule has 0 radical (unpaired) electrons. The second-order valence-corrected chi connectivity index (χ2v) is 8.79. The van der Waals surface area contributed by atoms with Crippen molar-refractivity contribution in [2.24, 2.45) is 0 Å². The van der Waals surface area contributed by atoms with Gasteiger partial charge in [-0.25, -0.2) is 9.97 Å². The maximum absolute atomic E-state index is 12.7. The fraction of sp³-hybridized carbons (Fsp3) is 0.138. The topological polar surface area (TPSA) is 71.3 Å². The standard InChI is InChI=1S/C29H25ClN4O2/c30-25-14-6-4-12-23(25)28-32-26-15-7-5-13-24(26)29(33-28)34(20-22-11-8-18-36-22)17-16-27(35)31-19-21-9-2-1-3-10-21/h1-15,18H,16-17,19-20H2,(H,31,35). The van der Waals surface area contributed by atoms with E-state index in [1.54, 1.807) is 6.26 Å². The van der Waals surface area contributed by atoms with E-state index >= 15 is 0 Å². The summed E-state index contributed by atoms with van der Waals surface area (Å²) in [7, 11) is 0. The molecule has 0 atom stereocenters. The number of hydrogen-bond donors (Lipinski definition) is 1. The van der Waals surface area contributed by atoms with Crippen LogP contribution in [0.4, 0.5) is 5.82 Å². The number of nitrogens with zero attached hydrogens (tertiary/aromatic N) is 3. The molecule has 0 saturated carbocycles. The van der Waals surface area contributed by atoms with E-state index in [1.807, 2.05) is 91.0 Å². The van der Waals surface area contributed by atoms with Gasteiger partial charge in [0.2, 0.25) is 5.91 Å². The fourth-order valence-corrected chi connectivity index (χ4v) is 4.26. The first-order valence-electron chi connectivity index (χ1n) is 11.8. The minimum Gasteiger partial charge on any atom is -0.467 e. The number of carbonyl (C=O) groups is 1. The highest BCUT2D eigenvalue weighted by molar-refractivity contribution is 6.33. The van der Waals surface area contributed by atoms with Gasteiger partial charge in [0, 0.05) is 30.5 Å². The third-order valence-corrected chi connectivity index (χ3v) is 6.20. The van der Waals surface area contributed by atoms with Crippen LogP contribution in [0.5, 0.6) is 0 Å². The Balaban J connectivity index is 1.45. The molecule has 1 amide bonds. The number of carbonyl (C=O) groups excluding carboxylic acids is 1. The van der Waals surface area contributed by atoms with E-state index in [-0.39, 0.29) is 5.91 Å². The number of benzene rings is 3. The number of para-hydroxylation sites is 1. The molecule has 0 fully saturated rings. The van der Waals surface area contributed by atoms with Gasteiger partial charge in [-0.2, -0.15) is 0 Å². The van der Waals surface area contributed by atoms with Crippen molar-refractivity contribution in [2.45, 2.75) is 19.5 Å². The summed E-state index contributed by atoms with van der Waals surface area (Å²) in [5.74, 6) is 2.00. The van der Waals surface area contributed by atoms with Gasteiger partial charge in [0.05, 0.1) is 23.3 Å². The van der Waals surface area contributed by atoms with Gasteiger partial charge in [-0.05, 0) is 42.0 Å². The van der Waals surface area contributed by atoms with Crippen molar-refractivity contribution in [1.29, 1.82) is 0 Å². The van der Waals surface area contributed by atoms with Crippen LogP contribution in [0.25, 0.3) is 22.3 Å². The summed E-state index contributed by atoms with van der Waals surface area (Å²) in [6.07, 6.45) is 1.95. The Hall–Kier alpha value is -4.16. The molecule has 5 aromatic rings. The quantitative estimate of drug-likeness (QED) is 0.261. The molecule has 36 heavy (non-hydrogen) atoms. The van der Waals surface area contributed by atoms with Crippen LogP contribution in [0.1, 0.15) is 17.7 Å². The SMILES string of the molecule is O=C(CCN(Cc1ccco1)c1nc(-c2ccccc2Cl)nc2ccccc12)NCc1ccccc1. The molecule has 0 aliphatic heterocycles. The lowest BCUT2D eigenvalue weighted by molar-refractivity contribution is -0.121. The lowest BCUT2D eigenvalue weighted by atomic mass is 10.1. The number of amides is 1. The fourth-order valence-electron chi connectivity index (χ4n) is 4.04. The van der Waals surface area contributed by atoms with Gasteiger partial charge >= 0.3 is 0 Å². The minimum absolute atomic E-state index is 0.0343. The van der Waals surface area contributed by atoms with Crippen molar-refractivity contribution >= 4 is 34.2 Å². The van der Waals surface area contributed by atoms with E-state index in [9.17, 15) is 4.79 Å². The number of anilines is 1. The zero-order valence-electron chi connectivity index (χ0n) is 19.6. The molecule has 0 bridgehead atoms. The summed E-state index contributed by atoms with van der Waals surface area (Å²) >= 11 is 6.48. The van der Waals surface area contributed by atoms with Crippen molar-refractivity contribution in [1.82, 2.24) is 15.3 Å². The summed E-state index contributed by atoms with van der Waals surface area (Å²) in [5, 5.41) is 4.48. The van der Waals surface area contributed by atoms with E-state index in [2.05, 4.69) is 10.2 Å². The lowest BCUT2D eigenvalue weighted by Crippen LogP contribution is -2.31. The Morgan fingerprint density at radius 1 is 0.889 bits per heavy atom. The number of hydrogen-bond acceptors (Lipinski definition) is 5. The molecule has 0 aliphatic carbocycles. The number of fused-ring (bicyclic) bond motifs is 1.